The first-order chi connectivity index (χ1) is 5.72. The van der Waals surface area contributed by atoms with E-state index in [9.17, 15) is 0 Å². The van der Waals surface area contributed by atoms with Gasteiger partial charge in [0, 0.05) is 4.91 Å². The molecule has 0 saturated carbocycles. The van der Waals surface area contributed by atoms with E-state index in [0.29, 0.717) is 4.99 Å². The second kappa shape index (κ2) is 7.37. The maximum absolute atomic E-state index is 5.02. The monoisotopic (exact) mass is 201 g/mol. The number of thiocarbonyl (C=S) groups is 1. The Labute approximate surface area is 85.3 Å². The topological polar surface area (TPSA) is 12.0 Å². The van der Waals surface area contributed by atoms with Crippen LogP contribution in [0.1, 0.15) is 26.7 Å². The molecule has 3 heteroatoms. The Hall–Kier alpha value is -0.280. The summed E-state index contributed by atoms with van der Waals surface area (Å²) in [4.78, 5) is 1.49. The summed E-state index contributed by atoms with van der Waals surface area (Å²) >= 11 is 9.19. The van der Waals surface area contributed by atoms with Gasteiger partial charge in [-0.3, -0.25) is 0 Å². The largest absolute Gasteiger partial charge is 0.352 e. The van der Waals surface area contributed by atoms with Gasteiger partial charge in [-0.1, -0.05) is 37.7 Å². The molecule has 1 nitrogen and oxygen atoms in total. The van der Waals surface area contributed by atoms with Crippen molar-refractivity contribution in [2.45, 2.75) is 26.7 Å². The van der Waals surface area contributed by atoms with Gasteiger partial charge in [0.25, 0.3) is 0 Å². The lowest BCUT2D eigenvalue weighted by atomic mass is 10.3. The van der Waals surface area contributed by atoms with E-state index in [2.05, 4.69) is 30.9 Å². The summed E-state index contributed by atoms with van der Waals surface area (Å²) in [6, 6.07) is 0. The molecule has 0 spiro atoms. The summed E-state index contributed by atoms with van der Waals surface area (Å²) < 4.78 is 0. The minimum atomic E-state index is 0.674. The highest BCUT2D eigenvalue weighted by Gasteiger charge is 1.93. The van der Waals surface area contributed by atoms with Crippen LogP contribution in [-0.2, 0) is 0 Å². The Bertz CT molecular complexity index is 195. The molecule has 0 heterocycles. The third-order valence-corrected chi connectivity index (χ3v) is 2.26. The molecule has 0 aliphatic heterocycles. The smallest absolute Gasteiger partial charge is 0.116 e. The predicted molar refractivity (Wildman–Crippen MR) is 62.5 cm³/mol. The van der Waals surface area contributed by atoms with E-state index in [1.165, 1.54) is 0 Å². The Morgan fingerprint density at radius 3 is 2.75 bits per heavy atom. The van der Waals surface area contributed by atoms with Gasteiger partial charge in [-0.15, -0.1) is 12.6 Å². The molecule has 0 rings (SSSR count). The van der Waals surface area contributed by atoms with E-state index in [4.69, 9.17) is 12.2 Å². The second-order valence-corrected chi connectivity index (χ2v) is 3.23. The zero-order valence-electron chi connectivity index (χ0n) is 7.50. The molecule has 12 heavy (non-hydrogen) atoms. The molecule has 0 aromatic heterocycles. The summed E-state index contributed by atoms with van der Waals surface area (Å²) in [6.07, 6.45) is 8.02. The first-order valence-corrected chi connectivity index (χ1v) is 4.89. The van der Waals surface area contributed by atoms with Crippen LogP contribution in [0.2, 0.25) is 0 Å². The van der Waals surface area contributed by atoms with Crippen molar-refractivity contribution in [3.05, 3.63) is 23.3 Å². The van der Waals surface area contributed by atoms with Crippen LogP contribution in [0.5, 0.6) is 0 Å². The Kier molecular flexibility index (Phi) is 7.20. The van der Waals surface area contributed by atoms with Crippen molar-refractivity contribution in [2.75, 3.05) is 0 Å². The van der Waals surface area contributed by atoms with Gasteiger partial charge in [0.15, 0.2) is 0 Å². The van der Waals surface area contributed by atoms with Crippen LogP contribution in [-0.4, -0.2) is 4.99 Å². The summed E-state index contributed by atoms with van der Waals surface area (Å²) in [6.45, 7) is 4.05. The van der Waals surface area contributed by atoms with Crippen LogP contribution >= 0.6 is 24.8 Å². The normalized spacial score (nSPS) is 12.1. The number of hydrogen-bond acceptors (Lipinski definition) is 2. The van der Waals surface area contributed by atoms with Gasteiger partial charge >= 0.3 is 0 Å². The van der Waals surface area contributed by atoms with E-state index < -0.39 is 0 Å². The van der Waals surface area contributed by atoms with Crippen LogP contribution in [0.15, 0.2) is 23.3 Å². The highest BCUT2D eigenvalue weighted by Crippen LogP contribution is 2.00. The van der Waals surface area contributed by atoms with Crippen LogP contribution < -0.4 is 5.32 Å². The summed E-state index contributed by atoms with van der Waals surface area (Å²) in [5.41, 5.74) is 0. The van der Waals surface area contributed by atoms with E-state index in [1.54, 1.807) is 0 Å². The summed E-state index contributed by atoms with van der Waals surface area (Å²) in [5.74, 6) is 0. The molecular weight excluding hydrogens is 186 g/mol. The minimum absolute atomic E-state index is 0.674. The average molecular weight is 201 g/mol. The molecule has 1 N–H and O–H groups in total. The maximum atomic E-state index is 5.02. The molecule has 0 bridgehead atoms. The Morgan fingerprint density at radius 1 is 1.58 bits per heavy atom. The summed E-state index contributed by atoms with van der Waals surface area (Å²) in [7, 11) is 0. The number of nitrogens with one attached hydrogen (secondary N) is 1. The van der Waals surface area contributed by atoms with Crippen LogP contribution in [0.25, 0.3) is 0 Å². The van der Waals surface area contributed by atoms with Gasteiger partial charge in [0.2, 0.25) is 0 Å². The molecule has 0 fully saturated rings. The van der Waals surface area contributed by atoms with Crippen molar-refractivity contribution in [2.24, 2.45) is 0 Å². The van der Waals surface area contributed by atoms with E-state index in [1.807, 2.05) is 19.2 Å². The zero-order valence-corrected chi connectivity index (χ0v) is 9.21. The Morgan fingerprint density at radius 2 is 2.25 bits per heavy atom. The standard InChI is InChI=1S/C9H15NS2/c1-3-5-6-7-10-9(12)8(11)4-2/h4,6-7,11H,3,5H2,1-2H3,(H,10,12)/b7-6+,8-4+. The van der Waals surface area contributed by atoms with Gasteiger partial charge in [0.05, 0.1) is 0 Å². The van der Waals surface area contributed by atoms with Gasteiger partial charge < -0.3 is 5.32 Å². The molecule has 0 saturated heterocycles. The fourth-order valence-corrected chi connectivity index (χ4v) is 0.840. The molecule has 0 aromatic rings. The minimum Gasteiger partial charge on any atom is -0.352 e. The molecule has 0 aliphatic rings. The van der Waals surface area contributed by atoms with Crippen LogP contribution in [0, 0.1) is 0 Å². The first kappa shape index (κ1) is 11.7. The fraction of sp³-hybridized carbons (Fsp3) is 0.444. The molecule has 0 atom stereocenters. The number of hydrogen-bond donors (Lipinski definition) is 2. The van der Waals surface area contributed by atoms with E-state index in [0.717, 1.165) is 17.7 Å². The lowest BCUT2D eigenvalue weighted by Gasteiger charge is -2.00. The molecule has 0 radical (unpaired) electrons. The zero-order chi connectivity index (χ0) is 9.40. The second-order valence-electron chi connectivity index (χ2n) is 2.34. The lowest BCUT2D eigenvalue weighted by molar-refractivity contribution is 0.952. The molecule has 0 aliphatic carbocycles. The van der Waals surface area contributed by atoms with Crippen molar-refractivity contribution in [1.29, 1.82) is 0 Å². The quantitative estimate of drug-likeness (QED) is 0.412. The number of allylic oxidation sites excluding steroid dienone is 2. The van der Waals surface area contributed by atoms with Crippen molar-refractivity contribution in [1.82, 2.24) is 5.32 Å². The van der Waals surface area contributed by atoms with Crippen LogP contribution in [0.4, 0.5) is 0 Å². The SMILES string of the molecule is C/C=C(/S)C(=S)N/C=C/CCC. The molecule has 0 aromatic carbocycles. The lowest BCUT2D eigenvalue weighted by Crippen LogP contribution is -2.14. The van der Waals surface area contributed by atoms with Gasteiger partial charge in [0.1, 0.15) is 4.99 Å². The number of thiol groups is 1. The molecule has 68 valence electrons. The van der Waals surface area contributed by atoms with E-state index in [-0.39, 0.29) is 0 Å². The number of unbranched alkanes of at least 4 members (excludes halogenated alkanes) is 1. The summed E-state index contributed by atoms with van der Waals surface area (Å²) in [5, 5.41) is 2.97. The van der Waals surface area contributed by atoms with Crippen molar-refractivity contribution in [3.63, 3.8) is 0 Å². The van der Waals surface area contributed by atoms with E-state index >= 15 is 0 Å². The first-order valence-electron chi connectivity index (χ1n) is 4.03. The van der Waals surface area contributed by atoms with Crippen molar-refractivity contribution >= 4 is 29.8 Å². The van der Waals surface area contributed by atoms with Crippen molar-refractivity contribution < 1.29 is 0 Å². The van der Waals surface area contributed by atoms with Gasteiger partial charge in [-0.05, 0) is 19.5 Å². The number of rotatable bonds is 4. The highest BCUT2D eigenvalue weighted by atomic mass is 32.1. The molecule has 0 unspecified atom stereocenters. The highest BCUT2D eigenvalue weighted by molar-refractivity contribution is 7.90. The van der Waals surface area contributed by atoms with Gasteiger partial charge in [-0.25, -0.2) is 0 Å². The maximum Gasteiger partial charge on any atom is 0.116 e. The third kappa shape index (κ3) is 5.38. The molecule has 0 amide bonds. The Balaban J connectivity index is 3.71. The average Bonchev–Trinajstić information content (AvgIpc) is 2.10. The van der Waals surface area contributed by atoms with Crippen LogP contribution in [0.3, 0.4) is 0 Å². The van der Waals surface area contributed by atoms with Crippen molar-refractivity contribution in [3.8, 4) is 0 Å². The molecular formula is C9H15NS2. The fourth-order valence-electron chi connectivity index (χ4n) is 0.590. The third-order valence-electron chi connectivity index (χ3n) is 1.29. The predicted octanol–water partition coefficient (Wildman–Crippen LogP) is 3.05. The van der Waals surface area contributed by atoms with Gasteiger partial charge in [-0.2, -0.15) is 0 Å².